The number of carboxylic acids is 1. The summed E-state index contributed by atoms with van der Waals surface area (Å²) in [5.41, 5.74) is 2.19. The first-order chi connectivity index (χ1) is 13.4. The number of aliphatic hydroxyl groups excluding tert-OH is 1. The lowest BCUT2D eigenvalue weighted by molar-refractivity contribution is -0.140. The molecule has 28 heavy (non-hydrogen) atoms. The summed E-state index contributed by atoms with van der Waals surface area (Å²) >= 11 is 0. The van der Waals surface area contributed by atoms with Gasteiger partial charge in [0, 0.05) is 18.5 Å². The molecule has 0 radical (unpaired) electrons. The number of rotatable bonds is 6. The third-order valence-electron chi connectivity index (χ3n) is 4.77. The maximum Gasteiger partial charge on any atom is 0.303 e. The second-order valence-corrected chi connectivity index (χ2v) is 6.77. The number of amides is 1. The van der Waals surface area contributed by atoms with Crippen molar-refractivity contribution in [3.8, 4) is 0 Å². The fourth-order valence-corrected chi connectivity index (χ4v) is 3.36. The molecule has 1 amide bonds. The molecular formula is C22H21NO5. The highest BCUT2D eigenvalue weighted by molar-refractivity contribution is 6.46. The van der Waals surface area contributed by atoms with E-state index in [1.54, 1.807) is 30.3 Å². The molecule has 1 atom stereocenters. The highest BCUT2D eigenvalue weighted by atomic mass is 16.4. The summed E-state index contributed by atoms with van der Waals surface area (Å²) in [6.07, 6.45) is 0.110. The van der Waals surface area contributed by atoms with E-state index in [2.05, 4.69) is 0 Å². The van der Waals surface area contributed by atoms with Crippen LogP contribution in [0, 0.1) is 6.92 Å². The van der Waals surface area contributed by atoms with E-state index in [1.165, 1.54) is 4.90 Å². The number of carbonyl (C=O) groups excluding carboxylic acids is 2. The Morgan fingerprint density at radius 2 is 1.64 bits per heavy atom. The van der Waals surface area contributed by atoms with Crippen molar-refractivity contribution >= 4 is 23.4 Å². The molecule has 144 valence electrons. The standard InChI is InChI=1S/C22H21NO5/c1-14-9-11-15(12-10-14)19-18(20(26)16-6-3-2-4-7-16)21(27)22(28)23(19)13-5-8-17(24)25/h2-4,6-7,9-12,19,26H,5,8,13H2,1H3,(H,24,25)/b20-18+/t19-/m0/s1. The van der Waals surface area contributed by atoms with Gasteiger partial charge in [0.2, 0.25) is 0 Å². The van der Waals surface area contributed by atoms with Gasteiger partial charge in [-0.1, -0.05) is 60.2 Å². The Hall–Kier alpha value is -3.41. The van der Waals surface area contributed by atoms with Gasteiger partial charge in [0.25, 0.3) is 11.7 Å². The molecule has 1 aliphatic rings. The van der Waals surface area contributed by atoms with E-state index in [0.717, 1.165) is 5.56 Å². The van der Waals surface area contributed by atoms with E-state index in [1.807, 2.05) is 31.2 Å². The van der Waals surface area contributed by atoms with Crippen LogP contribution >= 0.6 is 0 Å². The van der Waals surface area contributed by atoms with E-state index >= 15 is 0 Å². The van der Waals surface area contributed by atoms with Gasteiger partial charge in [0.1, 0.15) is 5.76 Å². The maximum atomic E-state index is 12.8. The Bertz CT molecular complexity index is 931. The predicted molar refractivity (Wildman–Crippen MR) is 104 cm³/mol. The molecule has 1 saturated heterocycles. The molecule has 1 aliphatic heterocycles. The summed E-state index contributed by atoms with van der Waals surface area (Å²) in [5.74, 6) is -2.69. The zero-order valence-electron chi connectivity index (χ0n) is 15.5. The van der Waals surface area contributed by atoms with E-state index in [0.29, 0.717) is 11.1 Å². The summed E-state index contributed by atoms with van der Waals surface area (Å²) < 4.78 is 0. The van der Waals surface area contributed by atoms with Crippen molar-refractivity contribution in [2.24, 2.45) is 0 Å². The minimum atomic E-state index is -0.965. The van der Waals surface area contributed by atoms with Crippen molar-refractivity contribution in [3.63, 3.8) is 0 Å². The summed E-state index contributed by atoms with van der Waals surface area (Å²) in [4.78, 5) is 37.6. The SMILES string of the molecule is Cc1ccc([C@H]2/C(=C(\O)c3ccccc3)C(=O)C(=O)N2CCCC(=O)O)cc1. The quantitative estimate of drug-likeness (QED) is 0.456. The summed E-state index contributed by atoms with van der Waals surface area (Å²) in [5, 5.41) is 19.7. The van der Waals surface area contributed by atoms with Crippen LogP contribution < -0.4 is 0 Å². The first-order valence-electron chi connectivity index (χ1n) is 9.02. The van der Waals surface area contributed by atoms with Crippen LogP contribution in [0.15, 0.2) is 60.2 Å². The van der Waals surface area contributed by atoms with Crippen molar-refractivity contribution in [3.05, 3.63) is 76.9 Å². The number of aliphatic hydroxyl groups is 1. The van der Waals surface area contributed by atoms with Gasteiger partial charge in [0.05, 0.1) is 11.6 Å². The minimum absolute atomic E-state index is 0.0235. The van der Waals surface area contributed by atoms with Gasteiger partial charge in [-0.25, -0.2) is 0 Å². The Labute approximate surface area is 162 Å². The molecule has 3 rings (SSSR count). The number of benzene rings is 2. The Morgan fingerprint density at radius 1 is 1.00 bits per heavy atom. The minimum Gasteiger partial charge on any atom is -0.507 e. The first kappa shape index (κ1) is 19.4. The number of Topliss-reactive ketones (excluding diaryl/α,β-unsaturated/α-hetero) is 1. The molecule has 0 unspecified atom stereocenters. The number of likely N-dealkylation sites (tertiary alicyclic amines) is 1. The second kappa shape index (κ2) is 8.08. The number of nitrogens with zero attached hydrogens (tertiary/aromatic N) is 1. The van der Waals surface area contributed by atoms with Gasteiger partial charge in [-0.05, 0) is 18.9 Å². The van der Waals surface area contributed by atoms with Crippen molar-refractivity contribution < 1.29 is 24.6 Å². The summed E-state index contributed by atoms with van der Waals surface area (Å²) in [6, 6.07) is 15.2. The summed E-state index contributed by atoms with van der Waals surface area (Å²) in [7, 11) is 0. The van der Waals surface area contributed by atoms with Gasteiger partial charge in [-0.15, -0.1) is 0 Å². The molecular weight excluding hydrogens is 358 g/mol. The van der Waals surface area contributed by atoms with Crippen LogP contribution in [0.1, 0.15) is 35.6 Å². The number of hydrogen-bond donors (Lipinski definition) is 2. The molecule has 0 spiro atoms. The van der Waals surface area contributed by atoms with Crippen LogP contribution in [0.5, 0.6) is 0 Å². The zero-order valence-corrected chi connectivity index (χ0v) is 15.5. The molecule has 2 aromatic carbocycles. The van der Waals surface area contributed by atoms with Crippen molar-refractivity contribution in [1.29, 1.82) is 0 Å². The molecule has 6 heteroatoms. The zero-order chi connectivity index (χ0) is 20.3. The lowest BCUT2D eigenvalue weighted by Crippen LogP contribution is -2.31. The van der Waals surface area contributed by atoms with Gasteiger partial charge in [-0.2, -0.15) is 0 Å². The van der Waals surface area contributed by atoms with Crippen LogP contribution in [0.3, 0.4) is 0 Å². The van der Waals surface area contributed by atoms with E-state index in [-0.39, 0.29) is 30.7 Å². The molecule has 0 aliphatic carbocycles. The highest BCUT2D eigenvalue weighted by Gasteiger charge is 2.45. The molecule has 0 saturated carbocycles. The maximum absolute atomic E-state index is 12.8. The largest absolute Gasteiger partial charge is 0.507 e. The second-order valence-electron chi connectivity index (χ2n) is 6.77. The normalized spacial score (nSPS) is 18.5. The lowest BCUT2D eigenvalue weighted by Gasteiger charge is -2.25. The number of hydrogen-bond acceptors (Lipinski definition) is 4. The molecule has 1 heterocycles. The Balaban J connectivity index is 2.08. The third kappa shape index (κ3) is 3.81. The van der Waals surface area contributed by atoms with Gasteiger partial charge in [0.15, 0.2) is 0 Å². The van der Waals surface area contributed by atoms with Gasteiger partial charge in [-0.3, -0.25) is 14.4 Å². The van der Waals surface area contributed by atoms with E-state index in [4.69, 9.17) is 5.11 Å². The Morgan fingerprint density at radius 3 is 2.25 bits per heavy atom. The van der Waals surface area contributed by atoms with Crippen LogP contribution in [-0.2, 0) is 14.4 Å². The first-order valence-corrected chi connectivity index (χ1v) is 9.02. The monoisotopic (exact) mass is 379 g/mol. The van der Waals surface area contributed by atoms with Crippen molar-refractivity contribution in [1.82, 2.24) is 4.90 Å². The number of ketones is 1. The lowest BCUT2D eigenvalue weighted by atomic mass is 9.94. The predicted octanol–water partition coefficient (Wildman–Crippen LogP) is 3.28. The van der Waals surface area contributed by atoms with Crippen LogP contribution in [0.2, 0.25) is 0 Å². The number of aliphatic carboxylic acids is 1. The highest BCUT2D eigenvalue weighted by Crippen LogP contribution is 2.39. The smallest absolute Gasteiger partial charge is 0.303 e. The number of aryl methyl sites for hydroxylation is 1. The van der Waals surface area contributed by atoms with E-state index < -0.39 is 23.7 Å². The summed E-state index contributed by atoms with van der Waals surface area (Å²) in [6.45, 7) is 2.04. The fourth-order valence-electron chi connectivity index (χ4n) is 3.36. The average Bonchev–Trinajstić information content (AvgIpc) is 2.93. The van der Waals surface area contributed by atoms with Crippen LogP contribution in [-0.4, -0.2) is 39.3 Å². The number of carboxylic acid groups (broad SMARTS) is 1. The van der Waals surface area contributed by atoms with Crippen LogP contribution in [0.4, 0.5) is 0 Å². The molecule has 2 N–H and O–H groups in total. The third-order valence-corrected chi connectivity index (χ3v) is 4.77. The fraction of sp³-hybridized carbons (Fsp3) is 0.227. The van der Waals surface area contributed by atoms with Crippen molar-refractivity contribution in [2.75, 3.05) is 6.54 Å². The molecule has 1 fully saturated rings. The molecule has 2 aromatic rings. The molecule has 0 bridgehead atoms. The van der Waals surface area contributed by atoms with E-state index in [9.17, 15) is 19.5 Å². The van der Waals surface area contributed by atoms with Crippen LogP contribution in [0.25, 0.3) is 5.76 Å². The Kier molecular flexibility index (Phi) is 5.59. The van der Waals surface area contributed by atoms with Gasteiger partial charge < -0.3 is 15.1 Å². The topological polar surface area (TPSA) is 94.9 Å². The molecule has 6 nitrogen and oxygen atoms in total. The average molecular weight is 379 g/mol. The van der Waals surface area contributed by atoms with Gasteiger partial charge >= 0.3 is 5.97 Å². The number of carbonyl (C=O) groups is 3. The molecule has 0 aromatic heterocycles. The van der Waals surface area contributed by atoms with Crippen molar-refractivity contribution in [2.45, 2.75) is 25.8 Å².